The number of rotatable bonds is 32. The smallest absolute Gasteiger partial charge is 0.306 e. The monoisotopic (exact) mass is 705 g/mol. The molecule has 1 fully saturated rings. The van der Waals surface area contributed by atoms with Gasteiger partial charge < -0.3 is 44.5 Å². The summed E-state index contributed by atoms with van der Waals surface area (Å²) < 4.78 is 22.7. The summed E-state index contributed by atoms with van der Waals surface area (Å²) >= 11 is 0. The Kier molecular flexibility index (Phi) is 28.2. The van der Waals surface area contributed by atoms with Gasteiger partial charge in [-0.15, -0.1) is 0 Å². The minimum atomic E-state index is -1.50. The second-order valence-electron chi connectivity index (χ2n) is 13.8. The topological polar surface area (TPSA) is 172 Å². The zero-order valence-corrected chi connectivity index (χ0v) is 30.8. The number of ether oxygens (including phenoxy) is 4. The van der Waals surface area contributed by atoms with Crippen LogP contribution in [0.5, 0.6) is 0 Å². The molecule has 11 heteroatoms. The average molecular weight is 705 g/mol. The van der Waals surface area contributed by atoms with Gasteiger partial charge in [-0.1, -0.05) is 142 Å². The van der Waals surface area contributed by atoms with Crippen molar-refractivity contribution < 1.29 is 54.1 Å². The van der Waals surface area contributed by atoms with Gasteiger partial charge >= 0.3 is 11.9 Å². The molecule has 11 nitrogen and oxygen atoms in total. The van der Waals surface area contributed by atoms with Gasteiger partial charge in [0.15, 0.2) is 18.5 Å². The number of unbranched alkanes of at least 4 members (excludes halogenated alkanes) is 20. The largest absolute Gasteiger partial charge is 0.455 e. The Morgan fingerprint density at radius 3 is 1.37 bits per heavy atom. The predicted molar refractivity (Wildman–Crippen MR) is 189 cm³/mol. The zero-order valence-electron chi connectivity index (χ0n) is 30.8. The van der Waals surface area contributed by atoms with E-state index in [4.69, 9.17) is 24.1 Å². The van der Waals surface area contributed by atoms with Gasteiger partial charge in [-0.05, 0) is 12.8 Å². The fourth-order valence-corrected chi connectivity index (χ4v) is 6.15. The number of hydrogen-bond acceptors (Lipinski definition) is 11. The number of carbonyl (C=O) groups excluding carboxylic acids is 2. The second kappa shape index (κ2) is 30.3. The highest BCUT2D eigenvalue weighted by molar-refractivity contribution is 5.70. The van der Waals surface area contributed by atoms with E-state index in [1.165, 1.54) is 89.9 Å². The molecule has 1 rings (SSSR count). The maximum Gasteiger partial charge on any atom is 0.306 e. The van der Waals surface area contributed by atoms with E-state index in [2.05, 4.69) is 13.8 Å². The van der Waals surface area contributed by atoms with Crippen LogP contribution in [0.1, 0.15) is 168 Å². The third-order valence-corrected chi connectivity index (χ3v) is 9.36. The van der Waals surface area contributed by atoms with E-state index < -0.39 is 74.7 Å². The van der Waals surface area contributed by atoms with Gasteiger partial charge in [0.1, 0.15) is 24.4 Å². The quantitative estimate of drug-likeness (QED) is 0.0410. The van der Waals surface area contributed by atoms with Gasteiger partial charge in [0.25, 0.3) is 0 Å². The van der Waals surface area contributed by atoms with Crippen LogP contribution in [0.2, 0.25) is 0 Å². The first kappa shape index (κ1) is 45.7. The molecule has 5 N–H and O–H groups in total. The van der Waals surface area contributed by atoms with Crippen molar-refractivity contribution in [1.29, 1.82) is 0 Å². The molecule has 0 unspecified atom stereocenters. The normalized spacial score (nSPS) is 22.1. The van der Waals surface area contributed by atoms with E-state index in [0.717, 1.165) is 38.5 Å². The first-order chi connectivity index (χ1) is 23.8. The van der Waals surface area contributed by atoms with Gasteiger partial charge in [-0.25, -0.2) is 0 Å². The Bertz CT molecular complexity index is 798. The Balaban J connectivity index is 2.66. The number of esters is 2. The van der Waals surface area contributed by atoms with Crippen molar-refractivity contribution in [2.24, 2.45) is 0 Å². The van der Waals surface area contributed by atoms with Crippen LogP contribution in [0, 0.1) is 0 Å². The molecule has 1 heterocycles. The molecule has 0 aromatic heterocycles. The van der Waals surface area contributed by atoms with Crippen LogP contribution in [0.3, 0.4) is 0 Å². The van der Waals surface area contributed by atoms with Crippen LogP contribution in [0.25, 0.3) is 0 Å². The third kappa shape index (κ3) is 21.6. The molecule has 0 spiro atoms. The van der Waals surface area contributed by atoms with Crippen LogP contribution in [0.15, 0.2) is 0 Å². The molecule has 0 aromatic rings. The summed E-state index contributed by atoms with van der Waals surface area (Å²) in [6.07, 6.45) is 15.3. The first-order valence-electron chi connectivity index (χ1n) is 19.7. The highest BCUT2D eigenvalue weighted by Crippen LogP contribution is 2.28. The first-order valence-corrected chi connectivity index (χ1v) is 19.7. The third-order valence-electron chi connectivity index (χ3n) is 9.36. The Morgan fingerprint density at radius 2 is 0.980 bits per heavy atom. The summed E-state index contributed by atoms with van der Waals surface area (Å²) in [5, 5.41) is 49.9. The van der Waals surface area contributed by atoms with E-state index in [1.54, 1.807) is 0 Å². The SMILES string of the molecule is CCCCCCCCCCCCCC(=O)O[C@@H]1[C@H](OC[C@@H](O)[C@H](O)CO)O[C@H](CO)[C@@H](O)[C@@H]1OC(=O)CCCCCCCCCCCCC. The van der Waals surface area contributed by atoms with Gasteiger partial charge in [0.05, 0.1) is 19.8 Å². The fourth-order valence-electron chi connectivity index (χ4n) is 6.15. The van der Waals surface area contributed by atoms with E-state index in [0.29, 0.717) is 12.8 Å². The Hall–Kier alpha value is -1.34. The van der Waals surface area contributed by atoms with Crippen molar-refractivity contribution >= 4 is 11.9 Å². The number of aliphatic hydroxyl groups is 5. The van der Waals surface area contributed by atoms with Gasteiger partial charge in [0, 0.05) is 12.8 Å². The predicted octanol–water partition coefficient (Wildman–Crippen LogP) is 6.02. The number of carbonyl (C=O) groups is 2. The fraction of sp³-hybridized carbons (Fsp3) is 0.947. The molecule has 1 saturated heterocycles. The van der Waals surface area contributed by atoms with E-state index in [1.807, 2.05) is 0 Å². The summed E-state index contributed by atoms with van der Waals surface area (Å²) in [7, 11) is 0. The van der Waals surface area contributed by atoms with Gasteiger partial charge in [0.2, 0.25) is 0 Å². The maximum atomic E-state index is 13.0. The highest BCUT2D eigenvalue weighted by atomic mass is 16.7. The zero-order chi connectivity index (χ0) is 36.1. The molecule has 0 saturated carbocycles. The molecule has 0 amide bonds. The van der Waals surface area contributed by atoms with Gasteiger partial charge in [-0.2, -0.15) is 0 Å². The molecule has 7 atom stereocenters. The molecular formula is C38H72O11. The molecule has 0 bridgehead atoms. The molecule has 0 aromatic carbocycles. The van der Waals surface area contributed by atoms with E-state index in [9.17, 15) is 30.0 Å². The second-order valence-corrected chi connectivity index (χ2v) is 13.8. The van der Waals surface area contributed by atoms with Crippen molar-refractivity contribution in [3.63, 3.8) is 0 Å². The van der Waals surface area contributed by atoms with Crippen molar-refractivity contribution in [2.45, 2.75) is 211 Å². The minimum absolute atomic E-state index is 0.116. The average Bonchev–Trinajstić information content (AvgIpc) is 3.10. The van der Waals surface area contributed by atoms with Crippen LogP contribution >= 0.6 is 0 Å². The summed E-state index contributed by atoms with van der Waals surface area (Å²) in [4.78, 5) is 25.9. The molecule has 1 aliphatic rings. The van der Waals surface area contributed by atoms with Crippen molar-refractivity contribution in [1.82, 2.24) is 0 Å². The summed E-state index contributed by atoms with van der Waals surface area (Å²) in [5.41, 5.74) is 0. The molecule has 1 aliphatic heterocycles. The minimum Gasteiger partial charge on any atom is -0.455 e. The van der Waals surface area contributed by atoms with E-state index >= 15 is 0 Å². The summed E-state index contributed by atoms with van der Waals surface area (Å²) in [6, 6.07) is 0. The number of hydrogen-bond donors (Lipinski definition) is 5. The van der Waals surface area contributed by atoms with E-state index in [-0.39, 0.29) is 12.8 Å². The standard InChI is InChI=1S/C38H72O11/c1-3-5-7-9-11-13-15-17-19-21-23-25-33(43)48-36-35(45)32(28-40)47-38(46-29-31(42)30(41)27-39)37(36)49-34(44)26-24-22-20-18-16-14-12-10-8-6-4-2/h30-32,35-42,45H,3-29H2,1-2H3/t30-,31-,32-,35-,36+,37+,38-/m1/s1. The van der Waals surface area contributed by atoms with Crippen LogP contribution in [-0.2, 0) is 28.5 Å². The van der Waals surface area contributed by atoms with Gasteiger partial charge in [-0.3, -0.25) is 9.59 Å². The summed E-state index contributed by atoms with van der Waals surface area (Å²) in [6.45, 7) is 2.59. The molecule has 0 aliphatic carbocycles. The summed E-state index contributed by atoms with van der Waals surface area (Å²) in [5.74, 6) is -1.14. The van der Waals surface area contributed by atoms with Crippen LogP contribution < -0.4 is 0 Å². The lowest BCUT2D eigenvalue weighted by Gasteiger charge is -2.43. The van der Waals surface area contributed by atoms with Crippen LogP contribution in [0.4, 0.5) is 0 Å². The lowest BCUT2D eigenvalue weighted by molar-refractivity contribution is -0.311. The Morgan fingerprint density at radius 1 is 0.592 bits per heavy atom. The van der Waals surface area contributed by atoms with Crippen molar-refractivity contribution in [3.8, 4) is 0 Å². The lowest BCUT2D eigenvalue weighted by Crippen LogP contribution is -2.62. The van der Waals surface area contributed by atoms with Crippen molar-refractivity contribution in [3.05, 3.63) is 0 Å². The van der Waals surface area contributed by atoms with Crippen LogP contribution in [-0.4, -0.2) is 100 Å². The number of aliphatic hydroxyl groups excluding tert-OH is 5. The maximum absolute atomic E-state index is 13.0. The highest BCUT2D eigenvalue weighted by Gasteiger charge is 2.50. The molecule has 290 valence electrons. The van der Waals surface area contributed by atoms with Crippen molar-refractivity contribution in [2.75, 3.05) is 19.8 Å². The Labute approximate surface area is 296 Å². The molecule has 0 radical (unpaired) electrons. The lowest BCUT2D eigenvalue weighted by atomic mass is 9.98. The molecular weight excluding hydrogens is 632 g/mol. The molecule has 49 heavy (non-hydrogen) atoms.